The van der Waals surface area contributed by atoms with Crippen LogP contribution in [0.1, 0.15) is 0 Å². The summed E-state index contributed by atoms with van der Waals surface area (Å²) in [4.78, 5) is 19.9. The van der Waals surface area contributed by atoms with Crippen LogP contribution in [-0.2, 0) is 0 Å². The average molecular weight is 704 g/mol. The van der Waals surface area contributed by atoms with Crippen LogP contribution in [0.4, 0.5) is 0 Å². The lowest BCUT2D eigenvalue weighted by molar-refractivity contribution is 1.07. The number of rotatable bonds is 7. The number of pyridine rings is 1. The van der Waals surface area contributed by atoms with E-state index in [9.17, 15) is 0 Å². The van der Waals surface area contributed by atoms with Crippen LogP contribution in [0.25, 0.3) is 95.0 Å². The van der Waals surface area contributed by atoms with Gasteiger partial charge in [0.25, 0.3) is 0 Å². The predicted octanol–water partition coefficient (Wildman–Crippen LogP) is 12.4. The van der Waals surface area contributed by atoms with Crippen LogP contribution in [0.5, 0.6) is 0 Å². The lowest BCUT2D eigenvalue weighted by Crippen LogP contribution is -2.02. The number of aromatic nitrogens is 5. The molecule has 0 spiro atoms. The van der Waals surface area contributed by atoms with Gasteiger partial charge in [0.2, 0.25) is 0 Å². The lowest BCUT2D eigenvalue weighted by Gasteiger charge is -2.16. The summed E-state index contributed by atoms with van der Waals surface area (Å²) < 4.78 is 2.39. The van der Waals surface area contributed by atoms with Crippen LogP contribution < -0.4 is 0 Å². The van der Waals surface area contributed by atoms with Gasteiger partial charge in [0.05, 0.1) is 11.0 Å². The molecule has 0 radical (unpaired) electrons. The van der Waals surface area contributed by atoms with E-state index in [4.69, 9.17) is 15.0 Å². The Morgan fingerprint density at radius 3 is 1.29 bits per heavy atom. The Morgan fingerprint density at radius 1 is 0.327 bits per heavy atom. The highest BCUT2D eigenvalue weighted by molar-refractivity contribution is 6.11. The minimum absolute atomic E-state index is 0.587. The molecule has 3 aromatic heterocycles. The summed E-state index contributed by atoms with van der Waals surface area (Å²) in [6, 6.07) is 65.6. The molecule has 0 saturated carbocycles. The monoisotopic (exact) mass is 703 g/mol. The van der Waals surface area contributed by atoms with Crippen molar-refractivity contribution in [2.24, 2.45) is 0 Å². The maximum absolute atomic E-state index is 5.19. The second kappa shape index (κ2) is 13.8. The van der Waals surface area contributed by atoms with Crippen molar-refractivity contribution < 1.29 is 0 Å². The van der Waals surface area contributed by atoms with Gasteiger partial charge in [-0.3, -0.25) is 4.98 Å². The number of fused-ring (bicyclic) bond motifs is 3. The molecule has 10 aromatic rings. The summed E-state index contributed by atoms with van der Waals surface area (Å²) in [7, 11) is 0. The first-order valence-electron chi connectivity index (χ1n) is 18.4. The van der Waals surface area contributed by atoms with Crippen molar-refractivity contribution >= 4 is 21.8 Å². The number of benzene rings is 7. The van der Waals surface area contributed by atoms with E-state index in [2.05, 4.69) is 131 Å². The molecule has 0 fully saturated rings. The fourth-order valence-electron chi connectivity index (χ4n) is 7.48. The Bertz CT molecular complexity index is 2790. The van der Waals surface area contributed by atoms with Crippen molar-refractivity contribution in [3.8, 4) is 73.2 Å². The molecule has 0 amide bonds. The molecular formula is C50H33N5. The summed E-state index contributed by atoms with van der Waals surface area (Å²) in [6.07, 6.45) is 3.70. The summed E-state index contributed by atoms with van der Waals surface area (Å²) in [6.45, 7) is 0. The molecule has 10 rings (SSSR count). The first kappa shape index (κ1) is 32.2. The summed E-state index contributed by atoms with van der Waals surface area (Å²) in [5, 5.41) is 2.37. The Kier molecular flexibility index (Phi) is 8.08. The molecular weight excluding hydrogens is 671 g/mol. The van der Waals surface area contributed by atoms with E-state index in [1.807, 2.05) is 72.9 Å². The zero-order valence-corrected chi connectivity index (χ0v) is 29.8. The molecule has 0 aliphatic rings. The molecule has 0 N–H and O–H groups in total. The molecule has 3 heterocycles. The van der Waals surface area contributed by atoms with Crippen molar-refractivity contribution in [1.82, 2.24) is 24.5 Å². The molecule has 5 heteroatoms. The zero-order valence-electron chi connectivity index (χ0n) is 29.8. The van der Waals surface area contributed by atoms with Crippen LogP contribution >= 0.6 is 0 Å². The van der Waals surface area contributed by atoms with Gasteiger partial charge in [-0.15, -0.1) is 0 Å². The van der Waals surface area contributed by atoms with Crippen LogP contribution in [0, 0.1) is 0 Å². The highest BCUT2D eigenvalue weighted by Gasteiger charge is 2.20. The van der Waals surface area contributed by atoms with Gasteiger partial charge in [-0.2, -0.15) is 0 Å². The third kappa shape index (κ3) is 6.04. The Morgan fingerprint density at radius 2 is 0.800 bits per heavy atom. The van der Waals surface area contributed by atoms with Crippen molar-refractivity contribution in [3.05, 3.63) is 200 Å². The molecule has 0 unspecified atom stereocenters. The van der Waals surface area contributed by atoms with E-state index in [0.717, 1.165) is 55.7 Å². The standard InChI is InChI=1S/C50H33N5/c1-5-14-34(15-6-1)38-23-26-43-44-27-24-39(35-16-7-2-8-17-35)31-47(44)55(46(43)30-38)41-25-28-42(40-22-13-29-51-33-40)45(32-41)50-53-48(36-18-9-3-10-19-36)52-49(54-50)37-20-11-4-12-21-37/h1-33H. The molecule has 0 atom stereocenters. The maximum atomic E-state index is 5.19. The maximum Gasteiger partial charge on any atom is 0.164 e. The Hall–Kier alpha value is -7.50. The minimum atomic E-state index is 0.587. The van der Waals surface area contributed by atoms with Crippen molar-refractivity contribution in [1.29, 1.82) is 0 Å². The third-order valence-electron chi connectivity index (χ3n) is 10.2. The topological polar surface area (TPSA) is 56.5 Å². The molecule has 0 aliphatic heterocycles. The van der Waals surface area contributed by atoms with E-state index in [1.54, 1.807) is 6.20 Å². The quantitative estimate of drug-likeness (QED) is 0.166. The van der Waals surface area contributed by atoms with Crippen LogP contribution in [0.3, 0.4) is 0 Å². The lowest BCUT2D eigenvalue weighted by atomic mass is 9.99. The van der Waals surface area contributed by atoms with Gasteiger partial charge in [-0.05, 0) is 58.1 Å². The average Bonchev–Trinajstić information content (AvgIpc) is 3.60. The number of hydrogen-bond donors (Lipinski definition) is 0. The third-order valence-corrected chi connectivity index (χ3v) is 10.2. The Labute approximate surface area is 318 Å². The van der Waals surface area contributed by atoms with Gasteiger partial charge in [0.1, 0.15) is 0 Å². The summed E-state index contributed by atoms with van der Waals surface area (Å²) in [5.74, 6) is 1.82. The highest BCUT2D eigenvalue weighted by atomic mass is 15.0. The van der Waals surface area contributed by atoms with Gasteiger partial charge in [0, 0.05) is 51.1 Å². The fraction of sp³-hybridized carbons (Fsp3) is 0. The zero-order chi connectivity index (χ0) is 36.6. The molecule has 258 valence electrons. The second-order valence-corrected chi connectivity index (χ2v) is 13.5. The number of hydrogen-bond acceptors (Lipinski definition) is 4. The predicted molar refractivity (Wildman–Crippen MR) is 225 cm³/mol. The molecule has 5 nitrogen and oxygen atoms in total. The van der Waals surface area contributed by atoms with Gasteiger partial charge in [-0.1, -0.05) is 158 Å². The van der Waals surface area contributed by atoms with Gasteiger partial charge >= 0.3 is 0 Å². The van der Waals surface area contributed by atoms with Crippen LogP contribution in [-0.4, -0.2) is 24.5 Å². The van der Waals surface area contributed by atoms with Crippen molar-refractivity contribution in [2.45, 2.75) is 0 Å². The minimum Gasteiger partial charge on any atom is -0.309 e. The molecule has 7 aromatic carbocycles. The van der Waals surface area contributed by atoms with Crippen molar-refractivity contribution in [2.75, 3.05) is 0 Å². The van der Waals surface area contributed by atoms with E-state index in [1.165, 1.54) is 21.9 Å². The van der Waals surface area contributed by atoms with Crippen LogP contribution in [0.15, 0.2) is 200 Å². The molecule has 0 aliphatic carbocycles. The molecule has 0 saturated heterocycles. The van der Waals surface area contributed by atoms with E-state index in [-0.39, 0.29) is 0 Å². The van der Waals surface area contributed by atoms with Gasteiger partial charge < -0.3 is 4.57 Å². The van der Waals surface area contributed by atoms with E-state index >= 15 is 0 Å². The SMILES string of the molecule is c1ccc(-c2ccc3c4ccc(-c5ccccc5)cc4n(-c4ccc(-c5cccnc5)c(-c5nc(-c6ccccc6)nc(-c6ccccc6)n5)c4)c3c2)cc1. The first-order chi connectivity index (χ1) is 27.3. The van der Waals surface area contributed by atoms with Crippen molar-refractivity contribution in [3.63, 3.8) is 0 Å². The van der Waals surface area contributed by atoms with Gasteiger partial charge in [-0.25, -0.2) is 15.0 Å². The van der Waals surface area contributed by atoms with E-state index < -0.39 is 0 Å². The Balaban J connectivity index is 1.26. The largest absolute Gasteiger partial charge is 0.309 e. The highest BCUT2D eigenvalue weighted by Crippen LogP contribution is 2.40. The molecule has 0 bridgehead atoms. The second-order valence-electron chi connectivity index (χ2n) is 13.5. The van der Waals surface area contributed by atoms with Gasteiger partial charge in [0.15, 0.2) is 17.5 Å². The van der Waals surface area contributed by atoms with Crippen LogP contribution in [0.2, 0.25) is 0 Å². The first-order valence-corrected chi connectivity index (χ1v) is 18.4. The summed E-state index contributed by atoms with van der Waals surface area (Å²) in [5.41, 5.74) is 12.6. The smallest absolute Gasteiger partial charge is 0.164 e. The summed E-state index contributed by atoms with van der Waals surface area (Å²) >= 11 is 0. The number of nitrogens with zero attached hydrogens (tertiary/aromatic N) is 5. The normalized spacial score (nSPS) is 11.3. The molecule has 55 heavy (non-hydrogen) atoms. The fourth-order valence-corrected chi connectivity index (χ4v) is 7.48. The van der Waals surface area contributed by atoms with E-state index in [0.29, 0.717) is 17.5 Å².